The number of hydrogen-bond acceptors (Lipinski definition) is 2. The Hall–Kier alpha value is -0.850. The topological polar surface area (TPSA) is 46.3 Å². The zero-order valence-electron chi connectivity index (χ0n) is 7.93. The summed E-state index contributed by atoms with van der Waals surface area (Å²) < 4.78 is 49.0. The van der Waals surface area contributed by atoms with Gasteiger partial charge in [-0.25, -0.2) is 8.78 Å². The molecule has 3 nitrogen and oxygen atoms in total. The van der Waals surface area contributed by atoms with Gasteiger partial charge in [-0.3, -0.25) is 4.79 Å². The Bertz CT molecular complexity index is 247. The van der Waals surface area contributed by atoms with E-state index in [-0.39, 0.29) is 6.54 Å². The van der Waals surface area contributed by atoms with Crippen LogP contribution in [-0.2, 0) is 4.79 Å². The minimum absolute atomic E-state index is 0.0643. The molecule has 15 heavy (non-hydrogen) atoms. The van der Waals surface area contributed by atoms with E-state index in [1.165, 1.54) is 0 Å². The van der Waals surface area contributed by atoms with Crippen LogP contribution in [0.3, 0.4) is 0 Å². The van der Waals surface area contributed by atoms with Gasteiger partial charge in [-0.05, 0) is 12.8 Å². The quantitative estimate of drug-likeness (QED) is 0.727. The van der Waals surface area contributed by atoms with Gasteiger partial charge in [0.05, 0.1) is 12.6 Å². The summed E-state index contributed by atoms with van der Waals surface area (Å²) in [6, 6.07) is -0.841. The number of halogens is 4. The number of rotatable bonds is 3. The van der Waals surface area contributed by atoms with Crippen LogP contribution in [0, 0.1) is 0 Å². The second kappa shape index (κ2) is 4.34. The van der Waals surface area contributed by atoms with Crippen LogP contribution < -0.4 is 5.73 Å². The Morgan fingerprint density at radius 1 is 1.53 bits per heavy atom. The highest BCUT2D eigenvalue weighted by atomic mass is 19.3. The van der Waals surface area contributed by atoms with Crippen molar-refractivity contribution in [3.63, 3.8) is 0 Å². The first-order valence-electron chi connectivity index (χ1n) is 4.55. The van der Waals surface area contributed by atoms with Crippen LogP contribution in [0.25, 0.3) is 0 Å². The van der Waals surface area contributed by atoms with Crippen molar-refractivity contribution in [2.75, 3.05) is 13.1 Å². The monoisotopic (exact) mass is 228 g/mol. The van der Waals surface area contributed by atoms with Crippen molar-refractivity contribution in [2.45, 2.75) is 31.2 Å². The molecule has 1 aliphatic rings. The fourth-order valence-corrected chi connectivity index (χ4v) is 1.45. The van der Waals surface area contributed by atoms with Crippen molar-refractivity contribution >= 4 is 5.91 Å². The molecule has 0 aliphatic carbocycles. The molecule has 0 radical (unpaired) electrons. The van der Waals surface area contributed by atoms with Crippen molar-refractivity contribution in [1.29, 1.82) is 0 Å². The maximum atomic E-state index is 12.6. The fraction of sp³-hybridized carbons (Fsp3) is 0.875. The summed E-state index contributed by atoms with van der Waals surface area (Å²) in [6.07, 6.45) is -2.88. The molecule has 1 heterocycles. The lowest BCUT2D eigenvalue weighted by Gasteiger charge is -2.32. The van der Waals surface area contributed by atoms with Crippen molar-refractivity contribution in [3.05, 3.63) is 0 Å². The normalized spacial score (nSPS) is 23.7. The van der Waals surface area contributed by atoms with Crippen LogP contribution in [0.1, 0.15) is 12.8 Å². The summed E-state index contributed by atoms with van der Waals surface area (Å²) in [7, 11) is 0. The molecule has 1 saturated heterocycles. The van der Waals surface area contributed by atoms with Gasteiger partial charge in [-0.1, -0.05) is 0 Å². The smallest absolute Gasteiger partial charge is 0.324 e. The van der Waals surface area contributed by atoms with E-state index in [0.717, 1.165) is 0 Å². The number of hydrogen-bond donors (Lipinski definition) is 1. The van der Waals surface area contributed by atoms with Crippen LogP contribution >= 0.6 is 0 Å². The van der Waals surface area contributed by atoms with Crippen molar-refractivity contribution < 1.29 is 22.4 Å². The molecule has 2 N–H and O–H groups in total. The van der Waals surface area contributed by atoms with Crippen molar-refractivity contribution in [1.82, 2.24) is 4.90 Å². The molecule has 0 aromatic heterocycles. The molecule has 0 bridgehead atoms. The van der Waals surface area contributed by atoms with E-state index >= 15 is 0 Å². The lowest BCUT2D eigenvalue weighted by molar-refractivity contribution is -0.160. The molecular weight excluding hydrogens is 216 g/mol. The summed E-state index contributed by atoms with van der Waals surface area (Å²) in [5.41, 5.74) is 5.34. The Morgan fingerprint density at radius 2 is 2.13 bits per heavy atom. The third kappa shape index (κ3) is 2.80. The van der Waals surface area contributed by atoms with Gasteiger partial charge >= 0.3 is 12.3 Å². The number of piperidine rings is 1. The molecule has 1 aliphatic heterocycles. The Morgan fingerprint density at radius 3 is 2.67 bits per heavy atom. The number of carbonyl (C=O) groups excluding carboxylic acids is 1. The predicted octanol–water partition coefficient (Wildman–Crippen LogP) is 0.836. The van der Waals surface area contributed by atoms with E-state index in [1.54, 1.807) is 0 Å². The van der Waals surface area contributed by atoms with E-state index in [0.29, 0.717) is 17.7 Å². The lowest BCUT2D eigenvalue weighted by Crippen LogP contribution is -2.53. The number of amides is 1. The summed E-state index contributed by atoms with van der Waals surface area (Å²) in [6.45, 7) is -1.19. The lowest BCUT2D eigenvalue weighted by atomic mass is 10.1. The standard InChI is InChI=1S/C8H12F4N2O/c9-7(10)8(11,12)4-14-3-1-2-5(13)6(14)15/h5,7H,1-4,13H2. The highest BCUT2D eigenvalue weighted by Gasteiger charge is 2.44. The van der Waals surface area contributed by atoms with E-state index in [1.807, 2.05) is 0 Å². The summed E-state index contributed by atoms with van der Waals surface area (Å²) in [5, 5.41) is 0. The molecule has 1 rings (SSSR count). The molecule has 0 aromatic carbocycles. The number of nitrogens with two attached hydrogens (primary N) is 1. The Balaban J connectivity index is 2.61. The van der Waals surface area contributed by atoms with Gasteiger partial charge in [0.2, 0.25) is 5.91 Å². The van der Waals surface area contributed by atoms with Gasteiger partial charge in [0.15, 0.2) is 0 Å². The number of carbonyl (C=O) groups is 1. The van der Waals surface area contributed by atoms with E-state index in [4.69, 9.17) is 5.73 Å². The van der Waals surface area contributed by atoms with Gasteiger partial charge in [0.25, 0.3) is 0 Å². The van der Waals surface area contributed by atoms with Crippen LogP contribution in [0.2, 0.25) is 0 Å². The first kappa shape index (κ1) is 12.2. The maximum absolute atomic E-state index is 12.6. The predicted molar refractivity (Wildman–Crippen MR) is 44.7 cm³/mol. The van der Waals surface area contributed by atoms with Crippen LogP contribution in [-0.4, -0.2) is 42.3 Å². The van der Waals surface area contributed by atoms with Crippen LogP contribution in [0.5, 0.6) is 0 Å². The largest absolute Gasteiger partial charge is 0.335 e. The van der Waals surface area contributed by atoms with E-state index < -0.39 is 30.8 Å². The van der Waals surface area contributed by atoms with Crippen molar-refractivity contribution in [2.24, 2.45) is 5.73 Å². The minimum atomic E-state index is -4.16. The Kier molecular flexibility index (Phi) is 3.54. The van der Waals surface area contributed by atoms with E-state index in [9.17, 15) is 22.4 Å². The second-order valence-corrected chi connectivity index (χ2v) is 3.57. The zero-order valence-corrected chi connectivity index (χ0v) is 7.93. The summed E-state index contributed by atoms with van der Waals surface area (Å²) in [5.74, 6) is -4.84. The summed E-state index contributed by atoms with van der Waals surface area (Å²) >= 11 is 0. The minimum Gasteiger partial charge on any atom is -0.335 e. The highest BCUT2D eigenvalue weighted by molar-refractivity contribution is 5.82. The van der Waals surface area contributed by atoms with Crippen molar-refractivity contribution in [3.8, 4) is 0 Å². The molecule has 88 valence electrons. The average Bonchev–Trinajstić information content (AvgIpc) is 2.12. The fourth-order valence-electron chi connectivity index (χ4n) is 1.45. The second-order valence-electron chi connectivity index (χ2n) is 3.57. The number of nitrogens with zero attached hydrogens (tertiary/aromatic N) is 1. The van der Waals surface area contributed by atoms with Crippen LogP contribution in [0.15, 0.2) is 0 Å². The zero-order chi connectivity index (χ0) is 11.6. The molecule has 0 saturated carbocycles. The van der Waals surface area contributed by atoms with Crippen LogP contribution in [0.4, 0.5) is 17.6 Å². The highest BCUT2D eigenvalue weighted by Crippen LogP contribution is 2.25. The van der Waals surface area contributed by atoms with Gasteiger partial charge in [-0.15, -0.1) is 0 Å². The summed E-state index contributed by atoms with van der Waals surface area (Å²) in [4.78, 5) is 12.0. The Labute approximate surface area is 84.2 Å². The first-order valence-corrected chi connectivity index (χ1v) is 4.55. The molecule has 0 aromatic rings. The third-order valence-electron chi connectivity index (χ3n) is 2.29. The van der Waals surface area contributed by atoms with Gasteiger partial charge < -0.3 is 10.6 Å². The first-order chi connectivity index (χ1) is 6.84. The molecule has 7 heteroatoms. The number of likely N-dealkylation sites (tertiary alicyclic amines) is 1. The van der Waals surface area contributed by atoms with E-state index in [2.05, 4.69) is 0 Å². The molecule has 0 spiro atoms. The average molecular weight is 228 g/mol. The molecule has 1 fully saturated rings. The number of alkyl halides is 4. The maximum Gasteiger partial charge on any atom is 0.324 e. The van der Waals surface area contributed by atoms with Gasteiger partial charge in [0.1, 0.15) is 0 Å². The molecular formula is C8H12F4N2O. The molecule has 1 atom stereocenters. The van der Waals surface area contributed by atoms with Gasteiger partial charge in [-0.2, -0.15) is 8.78 Å². The third-order valence-corrected chi connectivity index (χ3v) is 2.29. The molecule has 1 amide bonds. The van der Waals surface area contributed by atoms with Gasteiger partial charge in [0, 0.05) is 6.54 Å². The molecule has 1 unspecified atom stereocenters. The SMILES string of the molecule is NC1CCCN(CC(F)(F)C(F)F)C1=O.